The molecular weight excluding hydrogens is 899 g/mol. The summed E-state index contributed by atoms with van der Waals surface area (Å²) >= 11 is 0. The van der Waals surface area contributed by atoms with E-state index < -0.39 is 5.41 Å². The Balaban J connectivity index is 0.964. The molecular formula is C71H45NO2. The van der Waals surface area contributed by atoms with Crippen molar-refractivity contribution >= 4 is 71.7 Å². The van der Waals surface area contributed by atoms with Crippen molar-refractivity contribution in [2.45, 2.75) is 5.41 Å². The Morgan fingerprint density at radius 3 is 1.38 bits per heavy atom. The summed E-state index contributed by atoms with van der Waals surface area (Å²) in [7, 11) is 0. The molecule has 74 heavy (non-hydrogen) atoms. The summed E-state index contributed by atoms with van der Waals surface area (Å²) in [6.45, 7) is 0. The fourth-order valence-corrected chi connectivity index (χ4v) is 12.3. The smallest absolute Gasteiger partial charge is 0.143 e. The standard InChI is InChI=1S/C71H45NO2/c1-2-16-46(17-3-1)47-38-44-53(45-39-47)72(64-30-12-19-48-18-4-5-20-54(48)64)65-31-15-29-63-68(65)61-23-6-9-28-62(61)71(63,51-40-34-49(35-41-51)55-24-13-26-59-57-21-7-10-32-66(57)73-69(55)59)52-42-36-50(37-43-52)56-25-14-27-60-58-22-8-11-33-67(58)74-70(56)60/h1-45H. The SMILES string of the molecule is c1ccc(-c2ccc(N(c3cccc4c3-c3ccccc3C4(c3ccc(-c4cccc5c4oc4ccccc45)cc3)c3ccc(-c4cccc5c4oc4ccccc45)cc3)c3cccc4ccccc34)cc2)cc1. The van der Waals surface area contributed by atoms with E-state index in [2.05, 4.69) is 266 Å². The summed E-state index contributed by atoms with van der Waals surface area (Å²) in [4.78, 5) is 2.48. The first-order valence-corrected chi connectivity index (χ1v) is 25.4. The highest BCUT2D eigenvalue weighted by Crippen LogP contribution is 2.60. The summed E-state index contributed by atoms with van der Waals surface area (Å²) in [5, 5.41) is 6.86. The zero-order valence-electron chi connectivity index (χ0n) is 40.2. The highest BCUT2D eigenvalue weighted by atomic mass is 16.3. The van der Waals surface area contributed by atoms with Crippen LogP contribution in [0.15, 0.2) is 282 Å². The Kier molecular flexibility index (Phi) is 9.48. The first-order valence-electron chi connectivity index (χ1n) is 25.4. The molecule has 0 saturated heterocycles. The molecule has 0 aliphatic heterocycles. The lowest BCUT2D eigenvalue weighted by atomic mass is 9.67. The van der Waals surface area contributed by atoms with Crippen LogP contribution in [0.4, 0.5) is 17.1 Å². The second-order valence-electron chi connectivity index (χ2n) is 19.5. The summed E-state index contributed by atoms with van der Waals surface area (Å²) in [6, 6.07) is 99.3. The quantitative estimate of drug-likeness (QED) is 0.152. The summed E-state index contributed by atoms with van der Waals surface area (Å²) in [5.74, 6) is 0. The molecule has 3 nitrogen and oxygen atoms in total. The molecule has 0 bridgehead atoms. The van der Waals surface area contributed by atoms with E-state index in [4.69, 9.17) is 8.83 Å². The van der Waals surface area contributed by atoms with Gasteiger partial charge in [-0.15, -0.1) is 0 Å². The van der Waals surface area contributed by atoms with E-state index in [0.29, 0.717) is 0 Å². The van der Waals surface area contributed by atoms with Gasteiger partial charge in [0.2, 0.25) is 0 Å². The number of nitrogens with zero attached hydrogens (tertiary/aromatic N) is 1. The van der Waals surface area contributed by atoms with Crippen molar-refractivity contribution in [3.8, 4) is 44.5 Å². The number of para-hydroxylation sites is 4. The molecule has 2 heterocycles. The maximum Gasteiger partial charge on any atom is 0.143 e. The largest absolute Gasteiger partial charge is 0.455 e. The number of hydrogen-bond donors (Lipinski definition) is 0. The van der Waals surface area contributed by atoms with Crippen LogP contribution in [0.2, 0.25) is 0 Å². The molecule has 2 aromatic heterocycles. The topological polar surface area (TPSA) is 29.5 Å². The molecule has 12 aromatic carbocycles. The van der Waals surface area contributed by atoms with Gasteiger partial charge in [0, 0.05) is 49.3 Å². The van der Waals surface area contributed by atoms with E-state index in [0.717, 1.165) is 83.2 Å². The fourth-order valence-electron chi connectivity index (χ4n) is 12.3. The Bertz CT molecular complexity index is 4300. The van der Waals surface area contributed by atoms with Crippen LogP contribution in [0, 0.1) is 0 Å². The number of fused-ring (bicyclic) bond motifs is 10. The van der Waals surface area contributed by atoms with Gasteiger partial charge < -0.3 is 13.7 Å². The number of rotatable bonds is 8. The minimum absolute atomic E-state index is 0.711. The number of benzene rings is 12. The minimum Gasteiger partial charge on any atom is -0.455 e. The van der Waals surface area contributed by atoms with Gasteiger partial charge in [-0.1, -0.05) is 237 Å². The minimum atomic E-state index is -0.711. The third-order valence-electron chi connectivity index (χ3n) is 15.6. The normalized spacial score (nSPS) is 12.7. The molecule has 1 aliphatic carbocycles. The first-order chi connectivity index (χ1) is 36.7. The molecule has 3 heteroatoms. The fraction of sp³-hybridized carbons (Fsp3) is 0.0141. The predicted octanol–water partition coefficient (Wildman–Crippen LogP) is 19.5. The lowest BCUT2D eigenvalue weighted by molar-refractivity contribution is 0.669. The Morgan fingerprint density at radius 1 is 0.284 bits per heavy atom. The maximum atomic E-state index is 6.59. The second-order valence-corrected chi connectivity index (χ2v) is 19.5. The maximum absolute atomic E-state index is 6.59. The van der Waals surface area contributed by atoms with E-state index in [9.17, 15) is 0 Å². The van der Waals surface area contributed by atoms with E-state index in [-0.39, 0.29) is 0 Å². The molecule has 1 aliphatic rings. The van der Waals surface area contributed by atoms with Crippen LogP contribution >= 0.6 is 0 Å². The zero-order chi connectivity index (χ0) is 48.7. The average Bonchev–Trinajstić information content (AvgIpc) is 4.22. The van der Waals surface area contributed by atoms with Gasteiger partial charge in [-0.25, -0.2) is 0 Å². The third kappa shape index (κ3) is 6.33. The van der Waals surface area contributed by atoms with Crippen molar-refractivity contribution in [1.29, 1.82) is 0 Å². The third-order valence-corrected chi connectivity index (χ3v) is 15.6. The van der Waals surface area contributed by atoms with Gasteiger partial charge in [-0.3, -0.25) is 0 Å². The van der Waals surface area contributed by atoms with Crippen LogP contribution in [-0.2, 0) is 5.41 Å². The van der Waals surface area contributed by atoms with Crippen molar-refractivity contribution in [3.05, 3.63) is 295 Å². The van der Waals surface area contributed by atoms with Gasteiger partial charge in [0.05, 0.1) is 16.8 Å². The number of anilines is 3. The second kappa shape index (κ2) is 16.7. The molecule has 0 radical (unpaired) electrons. The van der Waals surface area contributed by atoms with Gasteiger partial charge in [0.1, 0.15) is 22.3 Å². The first kappa shape index (κ1) is 42.0. The molecule has 0 atom stereocenters. The summed E-state index contributed by atoms with van der Waals surface area (Å²) in [6.07, 6.45) is 0. The van der Waals surface area contributed by atoms with Gasteiger partial charge in [0.15, 0.2) is 0 Å². The molecule has 0 N–H and O–H groups in total. The van der Waals surface area contributed by atoms with Crippen LogP contribution in [0.25, 0.3) is 99.2 Å². The van der Waals surface area contributed by atoms with Crippen LogP contribution in [0.1, 0.15) is 22.3 Å². The lowest BCUT2D eigenvalue weighted by Crippen LogP contribution is -2.28. The molecule has 15 rings (SSSR count). The van der Waals surface area contributed by atoms with Crippen LogP contribution in [0.5, 0.6) is 0 Å². The molecule has 0 amide bonds. The Labute approximate surface area is 428 Å². The number of hydrogen-bond acceptors (Lipinski definition) is 3. The van der Waals surface area contributed by atoms with Crippen molar-refractivity contribution in [3.63, 3.8) is 0 Å². The molecule has 14 aromatic rings. The van der Waals surface area contributed by atoms with Crippen molar-refractivity contribution < 1.29 is 8.83 Å². The number of furan rings is 2. The summed E-state index contributed by atoms with van der Waals surface area (Å²) < 4.78 is 13.2. The van der Waals surface area contributed by atoms with Gasteiger partial charge in [-0.05, 0) is 91.9 Å². The van der Waals surface area contributed by atoms with Gasteiger partial charge >= 0.3 is 0 Å². The average molecular weight is 944 g/mol. The van der Waals surface area contributed by atoms with Crippen molar-refractivity contribution in [1.82, 2.24) is 0 Å². The van der Waals surface area contributed by atoms with Crippen molar-refractivity contribution in [2.24, 2.45) is 0 Å². The zero-order valence-corrected chi connectivity index (χ0v) is 40.2. The Morgan fingerprint density at radius 2 is 0.730 bits per heavy atom. The molecule has 0 fully saturated rings. The highest BCUT2D eigenvalue weighted by Gasteiger charge is 2.47. The van der Waals surface area contributed by atoms with Crippen LogP contribution in [0.3, 0.4) is 0 Å². The van der Waals surface area contributed by atoms with Gasteiger partial charge in [0.25, 0.3) is 0 Å². The Hall–Kier alpha value is -9.70. The van der Waals surface area contributed by atoms with E-state index in [1.54, 1.807) is 0 Å². The predicted molar refractivity (Wildman–Crippen MR) is 307 cm³/mol. The monoisotopic (exact) mass is 943 g/mol. The van der Waals surface area contributed by atoms with Crippen LogP contribution in [-0.4, -0.2) is 0 Å². The van der Waals surface area contributed by atoms with E-state index >= 15 is 0 Å². The molecule has 346 valence electrons. The molecule has 0 unspecified atom stereocenters. The highest BCUT2D eigenvalue weighted by molar-refractivity contribution is 6.11. The lowest BCUT2D eigenvalue weighted by Gasteiger charge is -2.35. The summed E-state index contributed by atoms with van der Waals surface area (Å²) in [5.41, 5.74) is 20.1. The van der Waals surface area contributed by atoms with E-state index in [1.165, 1.54) is 55.3 Å². The molecule has 0 spiro atoms. The molecule has 0 saturated carbocycles. The van der Waals surface area contributed by atoms with Crippen molar-refractivity contribution in [2.75, 3.05) is 4.90 Å². The van der Waals surface area contributed by atoms with Gasteiger partial charge in [-0.2, -0.15) is 0 Å². The van der Waals surface area contributed by atoms with Crippen LogP contribution < -0.4 is 4.90 Å². The van der Waals surface area contributed by atoms with E-state index in [1.807, 2.05) is 12.1 Å².